The van der Waals surface area contributed by atoms with Gasteiger partial charge in [0.1, 0.15) is 0 Å². The molecule has 0 spiro atoms. The summed E-state index contributed by atoms with van der Waals surface area (Å²) in [6.07, 6.45) is 2.86. The van der Waals surface area contributed by atoms with E-state index in [1.165, 1.54) is 43.3 Å². The van der Waals surface area contributed by atoms with Gasteiger partial charge in [-0.1, -0.05) is 24.3 Å². The zero-order valence-corrected chi connectivity index (χ0v) is 32.5. The van der Waals surface area contributed by atoms with Crippen LogP contribution in [0.3, 0.4) is 0 Å². The summed E-state index contributed by atoms with van der Waals surface area (Å²) < 4.78 is 228. The van der Waals surface area contributed by atoms with Gasteiger partial charge in [-0.3, -0.25) is 0 Å². The van der Waals surface area contributed by atoms with Crippen molar-refractivity contribution < 1.29 is 71.0 Å². The van der Waals surface area contributed by atoms with E-state index in [4.69, 9.17) is 0 Å². The minimum atomic E-state index is -2.62. The van der Waals surface area contributed by atoms with E-state index in [9.17, 15) is 44.6 Å². The molecular weight excluding hydrogens is 910 g/mol. The fraction of sp³-hybridized carbons (Fsp3) is 0.0435. The summed E-state index contributed by atoms with van der Waals surface area (Å²) in [7, 11) is 0. The van der Waals surface area contributed by atoms with Crippen LogP contribution in [0.1, 0.15) is 41.4 Å². The molecule has 20 heteroatoms. The van der Waals surface area contributed by atoms with Crippen LogP contribution in [0.4, 0.5) is 65.9 Å². The molecule has 4 aromatic carbocycles. The number of hydrogen-bond acceptors (Lipinski definition) is 3. The largest absolute Gasteiger partial charge is 0.389 e. The lowest BCUT2D eigenvalue weighted by Crippen LogP contribution is -2.06. The molecule has 3 aromatic heterocycles. The van der Waals surface area contributed by atoms with Crippen molar-refractivity contribution in [1.29, 1.82) is 0 Å². The maximum Gasteiger partial charge on any atom is 0.200 e. The molecule has 8 bridgehead atoms. The molecule has 2 aliphatic rings. The lowest BCUT2D eigenvalue weighted by molar-refractivity contribution is 0.199. The van der Waals surface area contributed by atoms with Crippen molar-refractivity contribution in [2.24, 2.45) is 0 Å². The molecule has 3 N–H and O–H groups in total. The zero-order chi connectivity index (χ0) is 47.4. The zero-order valence-electron chi connectivity index (χ0n) is 32.5. The van der Waals surface area contributed by atoms with Crippen LogP contribution in [0.2, 0.25) is 0 Å². The molecule has 0 fully saturated rings. The van der Waals surface area contributed by atoms with Gasteiger partial charge in [0.25, 0.3) is 0 Å². The Morgan fingerprint density at radius 3 is 0.848 bits per heavy atom. The van der Waals surface area contributed by atoms with Crippen LogP contribution in [0, 0.1) is 87.3 Å². The van der Waals surface area contributed by atoms with Gasteiger partial charge in [-0.2, -0.15) is 0 Å². The number of aliphatic hydroxyl groups excluding tert-OH is 1. The van der Waals surface area contributed by atoms with E-state index in [0.717, 1.165) is 36.4 Å². The van der Waals surface area contributed by atoms with Crippen LogP contribution in [0.25, 0.3) is 90.9 Å². The van der Waals surface area contributed by atoms with E-state index in [1.54, 1.807) is 0 Å². The molecule has 334 valence electrons. The lowest BCUT2D eigenvalue weighted by Gasteiger charge is -2.11. The first-order valence-electron chi connectivity index (χ1n) is 18.8. The second-order valence-corrected chi connectivity index (χ2v) is 14.6. The second kappa shape index (κ2) is 15.8. The van der Waals surface area contributed by atoms with Crippen LogP contribution in [0.5, 0.6) is 0 Å². The first-order valence-corrected chi connectivity index (χ1v) is 18.8. The smallest absolute Gasteiger partial charge is 0.200 e. The van der Waals surface area contributed by atoms with Crippen LogP contribution in [-0.2, 0) is 0 Å². The van der Waals surface area contributed by atoms with Crippen molar-refractivity contribution in [2.75, 3.05) is 0 Å². The summed E-state index contributed by atoms with van der Waals surface area (Å²) in [6, 6.07) is 9.79. The molecular formula is C46H19F15N4O. The van der Waals surface area contributed by atoms with Crippen molar-refractivity contribution >= 4 is 46.4 Å². The number of aromatic nitrogens is 4. The Morgan fingerprint density at radius 2 is 0.576 bits per heavy atom. The van der Waals surface area contributed by atoms with Crippen LogP contribution in [-0.4, -0.2) is 25.0 Å². The van der Waals surface area contributed by atoms with Gasteiger partial charge >= 0.3 is 0 Å². The predicted molar refractivity (Wildman–Crippen MR) is 211 cm³/mol. The van der Waals surface area contributed by atoms with E-state index >= 15 is 26.3 Å². The van der Waals surface area contributed by atoms with Crippen molar-refractivity contribution in [3.8, 4) is 44.5 Å². The third-order valence-corrected chi connectivity index (χ3v) is 10.8. The number of aromatic amines is 2. The van der Waals surface area contributed by atoms with E-state index < -0.39 is 160 Å². The van der Waals surface area contributed by atoms with Gasteiger partial charge in [-0.15, -0.1) is 0 Å². The standard InChI is InChI=1S/C46H19F15N4O/c1-14(66)15-2-4-16(5-3-15)25-17-6-8-19(62-17)26(29-32(47)38(53)44(59)39(54)33(29)48)21-10-12-23(64-21)28(31-36(51)42(57)46(61)43(58)37(31)52)24-13-11-22(65-24)27(20-9-7-18(25)63-20)30-34(49)40(55)45(60)41(56)35(30)50/h2-14,62,65-66H,1H3. The normalized spacial score (nSPS) is 12.7. The van der Waals surface area contributed by atoms with Crippen LogP contribution < -0.4 is 0 Å². The van der Waals surface area contributed by atoms with E-state index in [-0.39, 0.29) is 22.3 Å². The number of H-pyrrole nitrogens is 2. The topological polar surface area (TPSA) is 77.6 Å². The van der Waals surface area contributed by atoms with Crippen molar-refractivity contribution in [2.45, 2.75) is 13.0 Å². The summed E-state index contributed by atoms with van der Waals surface area (Å²) in [6.45, 7) is 1.45. The highest BCUT2D eigenvalue weighted by atomic mass is 19.2. The SMILES string of the molecule is CC(O)c1ccc(-c2c3nc(c(-c4c(F)c(F)c(F)c(F)c4F)c4ccc([nH]4)c(-c4c(F)c(F)c(F)c(F)c4F)c4nc(c(-c5c(F)c(F)c(F)c(F)c5F)c5ccc2[nH]5)C=C4)C=C3)cc1. The van der Waals surface area contributed by atoms with Gasteiger partial charge in [-0.05, 0) is 66.6 Å². The van der Waals surface area contributed by atoms with Gasteiger partial charge in [0.05, 0.1) is 45.6 Å². The summed E-state index contributed by atoms with van der Waals surface area (Å²) >= 11 is 0. The first-order chi connectivity index (χ1) is 31.3. The predicted octanol–water partition coefficient (Wildman–Crippen LogP) is 13.5. The monoisotopic (exact) mass is 928 g/mol. The molecule has 1 unspecified atom stereocenters. The molecule has 5 nitrogen and oxygen atoms in total. The molecule has 66 heavy (non-hydrogen) atoms. The molecule has 1 atom stereocenters. The van der Waals surface area contributed by atoms with Crippen molar-refractivity contribution in [3.63, 3.8) is 0 Å². The van der Waals surface area contributed by atoms with E-state index in [0.29, 0.717) is 5.56 Å². The number of benzene rings is 4. The van der Waals surface area contributed by atoms with E-state index in [1.807, 2.05) is 0 Å². The number of hydrogen-bond donors (Lipinski definition) is 3. The molecule has 0 saturated heterocycles. The Balaban J connectivity index is 1.55. The Labute approximate surface area is 358 Å². The number of fused-ring (bicyclic) bond motifs is 8. The maximum absolute atomic E-state index is 15.9. The Morgan fingerprint density at radius 1 is 0.333 bits per heavy atom. The molecule has 2 aliphatic heterocycles. The Kier molecular flexibility index (Phi) is 10.5. The number of nitrogens with zero attached hydrogens (tertiary/aromatic N) is 2. The van der Waals surface area contributed by atoms with Crippen molar-refractivity contribution in [1.82, 2.24) is 19.9 Å². The number of nitrogens with one attached hydrogen (secondary N) is 2. The number of halogens is 15. The highest BCUT2D eigenvalue weighted by Crippen LogP contribution is 2.43. The maximum atomic E-state index is 15.9. The minimum absolute atomic E-state index is 0.00974. The van der Waals surface area contributed by atoms with E-state index in [2.05, 4.69) is 19.9 Å². The van der Waals surface area contributed by atoms with Gasteiger partial charge in [0.2, 0.25) is 17.5 Å². The summed E-state index contributed by atoms with van der Waals surface area (Å²) in [5, 5.41) is 10.2. The summed E-state index contributed by atoms with van der Waals surface area (Å²) in [5.74, 6) is -36.9. The highest BCUT2D eigenvalue weighted by Gasteiger charge is 2.34. The molecule has 0 radical (unpaired) electrons. The Bertz CT molecular complexity index is 3370. The minimum Gasteiger partial charge on any atom is -0.389 e. The third kappa shape index (κ3) is 6.56. The van der Waals surface area contributed by atoms with Gasteiger partial charge in [-0.25, -0.2) is 75.8 Å². The van der Waals surface area contributed by atoms with Crippen LogP contribution in [0.15, 0.2) is 48.5 Å². The molecule has 0 aliphatic carbocycles. The molecule has 7 aromatic rings. The highest BCUT2D eigenvalue weighted by molar-refractivity contribution is 6.00. The Hall–Kier alpha value is -7.61. The van der Waals surface area contributed by atoms with Gasteiger partial charge in [0, 0.05) is 44.3 Å². The van der Waals surface area contributed by atoms with Crippen LogP contribution >= 0.6 is 0 Å². The summed E-state index contributed by atoms with van der Waals surface area (Å²) in [4.78, 5) is 13.8. The molecule has 0 saturated carbocycles. The summed E-state index contributed by atoms with van der Waals surface area (Å²) in [5.41, 5.74) is -11.5. The average Bonchev–Trinajstić information content (AvgIpc) is 4.16. The number of aliphatic hydroxyl groups is 1. The quantitative estimate of drug-likeness (QED) is 0.0914. The van der Waals surface area contributed by atoms with Crippen molar-refractivity contribution in [3.05, 3.63) is 164 Å². The first kappa shape index (κ1) is 43.6. The van der Waals surface area contributed by atoms with Gasteiger partial charge < -0.3 is 15.1 Å². The fourth-order valence-corrected chi connectivity index (χ4v) is 7.70. The lowest BCUT2D eigenvalue weighted by atomic mass is 10.0. The second-order valence-electron chi connectivity index (χ2n) is 14.6. The molecule has 9 rings (SSSR count). The third-order valence-electron chi connectivity index (χ3n) is 10.8. The molecule has 5 heterocycles. The van der Waals surface area contributed by atoms with Gasteiger partial charge in [0.15, 0.2) is 69.8 Å². The number of rotatable bonds is 5. The fourth-order valence-electron chi connectivity index (χ4n) is 7.70. The average molecular weight is 929 g/mol. The molecule has 0 amide bonds.